The fourth-order valence-electron chi connectivity index (χ4n) is 0.988. The average molecular weight is 234 g/mol. The van der Waals surface area contributed by atoms with Gasteiger partial charge in [-0.05, 0) is 25.3 Å². The van der Waals surface area contributed by atoms with E-state index in [1.54, 1.807) is 25.3 Å². The van der Waals surface area contributed by atoms with Gasteiger partial charge < -0.3 is 10.8 Å². The van der Waals surface area contributed by atoms with Crippen molar-refractivity contribution in [1.29, 1.82) is 0 Å². The minimum Gasteiger partial charge on any atom is -0.481 e. The molecular weight excluding hydrogens is 222 g/mol. The topological polar surface area (TPSA) is 63.3 Å². The minimum absolute atomic E-state index is 0.539. The van der Waals surface area contributed by atoms with Crippen LogP contribution in [-0.4, -0.2) is 11.1 Å². The van der Waals surface area contributed by atoms with Crippen molar-refractivity contribution < 1.29 is 9.90 Å². The quantitative estimate of drug-likeness (QED) is 0.843. The van der Waals surface area contributed by atoms with Crippen LogP contribution in [0.4, 0.5) is 0 Å². The summed E-state index contributed by atoms with van der Waals surface area (Å²) < 4.78 is 0. The Bertz CT molecular complexity index is 348. The first-order chi connectivity index (χ1) is 6.37. The number of hydrogen-bond acceptors (Lipinski definition) is 3. The molecule has 1 aromatic rings. The zero-order chi connectivity index (χ0) is 10.9. The van der Waals surface area contributed by atoms with Gasteiger partial charge in [-0.25, -0.2) is 0 Å². The van der Waals surface area contributed by atoms with Gasteiger partial charge in [-0.1, -0.05) is 11.6 Å². The van der Waals surface area contributed by atoms with Gasteiger partial charge in [0, 0.05) is 4.88 Å². The molecule has 0 bridgehead atoms. The predicted octanol–water partition coefficient (Wildman–Crippen LogP) is 2.51. The average Bonchev–Trinajstić information content (AvgIpc) is 2.49. The molecule has 1 atom stereocenters. The lowest BCUT2D eigenvalue weighted by Crippen LogP contribution is -2.36. The van der Waals surface area contributed by atoms with Gasteiger partial charge in [0.1, 0.15) is 0 Å². The van der Waals surface area contributed by atoms with Gasteiger partial charge in [0.05, 0.1) is 16.5 Å². The fourth-order valence-corrected chi connectivity index (χ4v) is 2.35. The van der Waals surface area contributed by atoms with Crippen LogP contribution < -0.4 is 5.73 Å². The number of halogens is 1. The molecule has 78 valence electrons. The first kappa shape index (κ1) is 11.5. The van der Waals surface area contributed by atoms with Crippen molar-refractivity contribution in [2.24, 2.45) is 11.1 Å². The summed E-state index contributed by atoms with van der Waals surface area (Å²) in [4.78, 5) is 11.7. The number of carboxylic acid groups (broad SMARTS) is 1. The number of hydrogen-bond donors (Lipinski definition) is 2. The maximum atomic E-state index is 11.0. The highest BCUT2D eigenvalue weighted by atomic mass is 35.5. The minimum atomic E-state index is -1.01. The van der Waals surface area contributed by atoms with Crippen molar-refractivity contribution in [3.05, 3.63) is 21.3 Å². The molecule has 3 N–H and O–H groups in total. The molecule has 0 aromatic carbocycles. The molecule has 3 nitrogen and oxygen atoms in total. The second-order valence-corrected chi connectivity index (χ2v) is 4.99. The fraction of sp³-hybridized carbons (Fsp3) is 0.444. The standard InChI is InChI=1S/C9H12ClNO2S/c1-9(2,8(12)13)7(11)6-5(10)3-4-14-6/h3-4,7H,11H2,1-2H3,(H,12,13). The van der Waals surface area contributed by atoms with Gasteiger partial charge in [-0.2, -0.15) is 0 Å². The molecule has 1 heterocycles. The van der Waals surface area contributed by atoms with Crippen LogP contribution in [0.5, 0.6) is 0 Å². The smallest absolute Gasteiger partial charge is 0.311 e. The highest BCUT2D eigenvalue weighted by Crippen LogP contribution is 2.37. The molecule has 0 spiro atoms. The SMILES string of the molecule is CC(C)(C(=O)O)C(N)c1sccc1Cl. The van der Waals surface area contributed by atoms with E-state index in [9.17, 15) is 4.79 Å². The summed E-state index contributed by atoms with van der Waals surface area (Å²) in [6.45, 7) is 3.19. The van der Waals surface area contributed by atoms with Crippen molar-refractivity contribution in [1.82, 2.24) is 0 Å². The van der Waals surface area contributed by atoms with E-state index in [0.29, 0.717) is 5.02 Å². The molecule has 14 heavy (non-hydrogen) atoms. The van der Waals surface area contributed by atoms with E-state index in [0.717, 1.165) is 4.88 Å². The number of aliphatic carboxylic acids is 1. The molecule has 0 radical (unpaired) electrons. The van der Waals surface area contributed by atoms with Gasteiger partial charge in [0.25, 0.3) is 0 Å². The summed E-state index contributed by atoms with van der Waals surface area (Å²) in [6.07, 6.45) is 0. The van der Waals surface area contributed by atoms with Gasteiger partial charge in [-0.15, -0.1) is 11.3 Å². The summed E-state index contributed by atoms with van der Waals surface area (Å²) in [5, 5.41) is 11.3. The van der Waals surface area contributed by atoms with Crippen LogP contribution in [0.1, 0.15) is 24.8 Å². The molecule has 1 aromatic heterocycles. The largest absolute Gasteiger partial charge is 0.481 e. The Labute approximate surface area is 91.5 Å². The highest BCUT2D eigenvalue weighted by Gasteiger charge is 2.36. The molecule has 0 aliphatic carbocycles. The number of thiophene rings is 1. The summed E-state index contributed by atoms with van der Waals surface area (Å²) in [7, 11) is 0. The van der Waals surface area contributed by atoms with Crippen LogP contribution in [0.3, 0.4) is 0 Å². The van der Waals surface area contributed by atoms with Crippen molar-refractivity contribution in [3.63, 3.8) is 0 Å². The number of carbonyl (C=O) groups is 1. The van der Waals surface area contributed by atoms with Gasteiger partial charge in [-0.3, -0.25) is 4.79 Å². The lowest BCUT2D eigenvalue weighted by molar-refractivity contribution is -0.148. The van der Waals surface area contributed by atoms with Crippen LogP contribution in [-0.2, 0) is 4.79 Å². The second kappa shape index (κ2) is 3.88. The first-order valence-electron chi connectivity index (χ1n) is 4.09. The van der Waals surface area contributed by atoms with Crippen LogP contribution in [0.2, 0.25) is 5.02 Å². The zero-order valence-electron chi connectivity index (χ0n) is 7.95. The Hall–Kier alpha value is -0.580. The molecular formula is C9H12ClNO2S. The number of nitrogens with two attached hydrogens (primary N) is 1. The molecule has 0 aliphatic rings. The normalized spacial score (nSPS) is 14.0. The lowest BCUT2D eigenvalue weighted by atomic mass is 9.84. The second-order valence-electron chi connectivity index (χ2n) is 3.64. The third kappa shape index (κ3) is 1.92. The predicted molar refractivity (Wildman–Crippen MR) is 57.7 cm³/mol. The maximum Gasteiger partial charge on any atom is 0.311 e. The maximum absolute atomic E-state index is 11.0. The van der Waals surface area contributed by atoms with E-state index in [1.807, 2.05) is 0 Å². The Morgan fingerprint density at radius 3 is 2.64 bits per heavy atom. The third-order valence-electron chi connectivity index (χ3n) is 2.26. The summed E-state index contributed by atoms with van der Waals surface area (Å²) >= 11 is 7.26. The lowest BCUT2D eigenvalue weighted by Gasteiger charge is -2.26. The van der Waals surface area contributed by atoms with Gasteiger partial charge in [0.15, 0.2) is 0 Å². The van der Waals surface area contributed by atoms with Crippen LogP contribution in [0.15, 0.2) is 11.4 Å². The number of carboxylic acids is 1. The summed E-state index contributed by atoms with van der Waals surface area (Å²) in [5.74, 6) is -0.922. The molecule has 0 fully saturated rings. The van der Waals surface area contributed by atoms with Crippen molar-refractivity contribution in [3.8, 4) is 0 Å². The van der Waals surface area contributed by atoms with Gasteiger partial charge >= 0.3 is 5.97 Å². The van der Waals surface area contributed by atoms with Gasteiger partial charge in [0.2, 0.25) is 0 Å². The Morgan fingerprint density at radius 1 is 1.71 bits per heavy atom. The molecule has 0 aliphatic heterocycles. The Balaban J connectivity index is 3.02. The van der Waals surface area contributed by atoms with Crippen molar-refractivity contribution >= 4 is 28.9 Å². The summed E-state index contributed by atoms with van der Waals surface area (Å²) in [6, 6.07) is 1.15. The molecule has 0 saturated heterocycles. The molecule has 1 rings (SSSR count). The Kier molecular flexibility index (Phi) is 3.19. The highest BCUT2D eigenvalue weighted by molar-refractivity contribution is 7.10. The molecule has 0 saturated carbocycles. The molecule has 0 amide bonds. The van der Waals surface area contributed by atoms with Crippen molar-refractivity contribution in [2.75, 3.05) is 0 Å². The third-order valence-corrected chi connectivity index (χ3v) is 3.70. The van der Waals surface area contributed by atoms with Crippen LogP contribution in [0.25, 0.3) is 0 Å². The van der Waals surface area contributed by atoms with E-state index in [1.165, 1.54) is 11.3 Å². The molecule has 1 unspecified atom stereocenters. The van der Waals surface area contributed by atoms with E-state index >= 15 is 0 Å². The zero-order valence-corrected chi connectivity index (χ0v) is 9.52. The van der Waals surface area contributed by atoms with E-state index in [-0.39, 0.29) is 0 Å². The Morgan fingerprint density at radius 2 is 2.29 bits per heavy atom. The number of rotatable bonds is 3. The molecule has 5 heteroatoms. The van der Waals surface area contributed by atoms with Crippen LogP contribution >= 0.6 is 22.9 Å². The monoisotopic (exact) mass is 233 g/mol. The van der Waals surface area contributed by atoms with E-state index in [4.69, 9.17) is 22.4 Å². The van der Waals surface area contributed by atoms with Crippen LogP contribution in [0, 0.1) is 5.41 Å². The van der Waals surface area contributed by atoms with E-state index < -0.39 is 17.4 Å². The summed E-state index contributed by atoms with van der Waals surface area (Å²) in [5.41, 5.74) is 4.86. The van der Waals surface area contributed by atoms with E-state index in [2.05, 4.69) is 0 Å². The first-order valence-corrected chi connectivity index (χ1v) is 5.35. The van der Waals surface area contributed by atoms with Crippen molar-refractivity contribution in [2.45, 2.75) is 19.9 Å².